The summed E-state index contributed by atoms with van der Waals surface area (Å²) in [7, 11) is 0. The van der Waals surface area contributed by atoms with E-state index in [1.54, 1.807) is 6.07 Å². The van der Waals surface area contributed by atoms with Gasteiger partial charge in [0, 0.05) is 3.57 Å². The first-order valence-corrected chi connectivity index (χ1v) is 6.26. The van der Waals surface area contributed by atoms with E-state index in [0.29, 0.717) is 5.56 Å². The Morgan fingerprint density at radius 3 is 2.41 bits per heavy atom. The molecule has 2 nitrogen and oxygen atoms in total. The number of hydrogen-bond acceptors (Lipinski definition) is 1. The van der Waals surface area contributed by atoms with Crippen LogP contribution in [0, 0.1) is 10.5 Å². The van der Waals surface area contributed by atoms with Gasteiger partial charge >= 0.3 is 5.97 Å². The van der Waals surface area contributed by atoms with E-state index in [-0.39, 0.29) is 0 Å². The maximum atomic E-state index is 11.3. The lowest BCUT2D eigenvalue weighted by Crippen LogP contribution is -2.02. The summed E-state index contributed by atoms with van der Waals surface area (Å²) in [6.45, 7) is 1.94. The highest BCUT2D eigenvalue weighted by Crippen LogP contribution is 2.29. The Morgan fingerprint density at radius 1 is 1.18 bits per heavy atom. The highest BCUT2D eigenvalue weighted by Gasteiger charge is 2.14. The monoisotopic (exact) mass is 338 g/mol. The smallest absolute Gasteiger partial charge is 0.336 e. The molecule has 3 heteroatoms. The highest BCUT2D eigenvalue weighted by molar-refractivity contribution is 14.1. The first kappa shape index (κ1) is 12.1. The summed E-state index contributed by atoms with van der Waals surface area (Å²) in [5.41, 5.74) is 3.10. The summed E-state index contributed by atoms with van der Waals surface area (Å²) in [4.78, 5) is 11.3. The first-order valence-electron chi connectivity index (χ1n) is 5.18. The van der Waals surface area contributed by atoms with Gasteiger partial charge in [-0.2, -0.15) is 0 Å². The molecule has 0 aliphatic carbocycles. The maximum absolute atomic E-state index is 11.3. The number of halogens is 1. The van der Waals surface area contributed by atoms with Gasteiger partial charge in [0.15, 0.2) is 0 Å². The Morgan fingerprint density at radius 2 is 1.82 bits per heavy atom. The second-order valence-electron chi connectivity index (χ2n) is 3.82. The number of hydrogen-bond donors (Lipinski definition) is 1. The van der Waals surface area contributed by atoms with Crippen LogP contribution in [0.1, 0.15) is 15.9 Å². The zero-order chi connectivity index (χ0) is 12.4. The van der Waals surface area contributed by atoms with Crippen molar-refractivity contribution >= 4 is 28.6 Å². The van der Waals surface area contributed by atoms with Crippen LogP contribution in [0.3, 0.4) is 0 Å². The molecular formula is C14H11IO2. The van der Waals surface area contributed by atoms with Crippen molar-refractivity contribution in [2.75, 3.05) is 0 Å². The summed E-state index contributed by atoms with van der Waals surface area (Å²) in [5.74, 6) is -0.884. The van der Waals surface area contributed by atoms with E-state index in [9.17, 15) is 9.90 Å². The van der Waals surface area contributed by atoms with E-state index in [4.69, 9.17) is 0 Å². The van der Waals surface area contributed by atoms with Crippen molar-refractivity contribution in [1.29, 1.82) is 0 Å². The minimum Gasteiger partial charge on any atom is -0.478 e. The zero-order valence-electron chi connectivity index (χ0n) is 9.27. The van der Waals surface area contributed by atoms with Crippen LogP contribution in [0.25, 0.3) is 11.1 Å². The number of carboxylic acid groups (broad SMARTS) is 1. The summed E-state index contributed by atoms with van der Waals surface area (Å²) < 4.78 is 0.942. The van der Waals surface area contributed by atoms with E-state index < -0.39 is 5.97 Å². The Kier molecular flexibility index (Phi) is 3.47. The lowest BCUT2D eigenvalue weighted by molar-refractivity contribution is 0.0697. The molecule has 0 fully saturated rings. The normalized spacial score (nSPS) is 10.2. The predicted molar refractivity (Wildman–Crippen MR) is 76.3 cm³/mol. The van der Waals surface area contributed by atoms with Crippen molar-refractivity contribution in [3.63, 3.8) is 0 Å². The van der Waals surface area contributed by atoms with Crippen molar-refractivity contribution < 1.29 is 9.90 Å². The number of aromatic carboxylic acids is 1. The third-order valence-electron chi connectivity index (χ3n) is 2.59. The molecule has 0 radical (unpaired) electrons. The van der Waals surface area contributed by atoms with Crippen LogP contribution < -0.4 is 0 Å². The fourth-order valence-electron chi connectivity index (χ4n) is 1.90. The predicted octanol–water partition coefficient (Wildman–Crippen LogP) is 3.96. The molecule has 0 saturated heterocycles. The molecule has 0 aliphatic rings. The van der Waals surface area contributed by atoms with Gasteiger partial charge in [-0.25, -0.2) is 4.79 Å². The van der Waals surface area contributed by atoms with Crippen LogP contribution in [-0.4, -0.2) is 11.1 Å². The van der Waals surface area contributed by atoms with Crippen molar-refractivity contribution in [3.8, 4) is 11.1 Å². The molecule has 0 aliphatic heterocycles. The number of carbonyl (C=O) groups is 1. The molecule has 86 valence electrons. The third-order valence-corrected chi connectivity index (χ3v) is 3.22. The van der Waals surface area contributed by atoms with Gasteiger partial charge in [0.05, 0.1) is 5.56 Å². The number of benzene rings is 2. The molecule has 2 aromatic rings. The van der Waals surface area contributed by atoms with Crippen LogP contribution in [0.4, 0.5) is 0 Å². The second kappa shape index (κ2) is 4.87. The van der Waals surface area contributed by atoms with Crippen molar-refractivity contribution in [2.45, 2.75) is 6.92 Å². The van der Waals surface area contributed by atoms with Crippen molar-refractivity contribution in [2.24, 2.45) is 0 Å². The van der Waals surface area contributed by atoms with E-state index >= 15 is 0 Å². The lowest BCUT2D eigenvalue weighted by atomic mass is 9.95. The van der Waals surface area contributed by atoms with Gasteiger partial charge < -0.3 is 5.11 Å². The molecule has 2 aromatic carbocycles. The first-order chi connectivity index (χ1) is 8.09. The largest absolute Gasteiger partial charge is 0.478 e. The van der Waals surface area contributed by atoms with E-state index in [2.05, 4.69) is 22.6 Å². The van der Waals surface area contributed by atoms with Gasteiger partial charge in [-0.3, -0.25) is 0 Å². The van der Waals surface area contributed by atoms with Gasteiger partial charge in [-0.05, 0) is 58.3 Å². The number of rotatable bonds is 2. The molecule has 0 unspecified atom stereocenters. The maximum Gasteiger partial charge on any atom is 0.336 e. The van der Waals surface area contributed by atoms with Gasteiger partial charge in [0.25, 0.3) is 0 Å². The minimum atomic E-state index is -0.884. The summed E-state index contributed by atoms with van der Waals surface area (Å²) in [6, 6.07) is 13.3. The van der Waals surface area contributed by atoms with E-state index in [1.807, 2.05) is 43.3 Å². The number of carboxylic acids is 1. The fraction of sp³-hybridized carbons (Fsp3) is 0.0714. The Balaban J connectivity index is 2.72. The van der Waals surface area contributed by atoms with Crippen molar-refractivity contribution in [3.05, 3.63) is 57.2 Å². The Bertz CT molecular complexity index is 562. The molecule has 0 atom stereocenters. The fourth-order valence-corrected chi connectivity index (χ4v) is 2.68. The van der Waals surface area contributed by atoms with Crippen LogP contribution in [0.15, 0.2) is 42.5 Å². The molecule has 0 spiro atoms. The van der Waals surface area contributed by atoms with Gasteiger partial charge in [-0.1, -0.05) is 30.3 Å². The molecule has 0 aromatic heterocycles. The van der Waals surface area contributed by atoms with Gasteiger partial charge in [0.2, 0.25) is 0 Å². The molecule has 17 heavy (non-hydrogen) atoms. The molecule has 0 saturated carbocycles. The van der Waals surface area contributed by atoms with Crippen LogP contribution in [0.2, 0.25) is 0 Å². The Hall–Kier alpha value is -1.36. The summed E-state index contributed by atoms with van der Waals surface area (Å²) in [6.07, 6.45) is 0. The minimum absolute atomic E-state index is 0.362. The van der Waals surface area contributed by atoms with Crippen LogP contribution in [0.5, 0.6) is 0 Å². The second-order valence-corrected chi connectivity index (χ2v) is 5.06. The van der Waals surface area contributed by atoms with E-state index in [1.165, 1.54) is 0 Å². The van der Waals surface area contributed by atoms with Gasteiger partial charge in [-0.15, -0.1) is 0 Å². The van der Waals surface area contributed by atoms with Crippen LogP contribution >= 0.6 is 22.6 Å². The quantitative estimate of drug-likeness (QED) is 0.842. The molecule has 0 amide bonds. The molecule has 1 N–H and O–H groups in total. The highest BCUT2D eigenvalue weighted by atomic mass is 127. The van der Waals surface area contributed by atoms with Gasteiger partial charge in [0.1, 0.15) is 0 Å². The topological polar surface area (TPSA) is 37.3 Å². The average Bonchev–Trinajstić information content (AvgIpc) is 2.29. The zero-order valence-corrected chi connectivity index (χ0v) is 11.4. The SMILES string of the molecule is Cc1cc(I)cc(C(=O)O)c1-c1ccccc1. The lowest BCUT2D eigenvalue weighted by Gasteiger charge is -2.11. The Labute approximate surface area is 113 Å². The molecule has 0 heterocycles. The third kappa shape index (κ3) is 2.49. The molecular weight excluding hydrogens is 327 g/mol. The standard InChI is InChI=1S/C14H11IO2/c1-9-7-11(15)8-12(14(16)17)13(9)10-5-3-2-4-6-10/h2-8H,1H3,(H,16,17). The molecule has 2 rings (SSSR count). The number of aryl methyl sites for hydroxylation is 1. The average molecular weight is 338 g/mol. The van der Waals surface area contributed by atoms with Crippen molar-refractivity contribution in [1.82, 2.24) is 0 Å². The van der Waals surface area contributed by atoms with E-state index in [0.717, 1.165) is 20.3 Å². The van der Waals surface area contributed by atoms with Crippen LogP contribution in [-0.2, 0) is 0 Å². The summed E-state index contributed by atoms with van der Waals surface area (Å²) >= 11 is 2.14. The molecule has 0 bridgehead atoms. The summed E-state index contributed by atoms with van der Waals surface area (Å²) in [5, 5.41) is 9.27.